The summed E-state index contributed by atoms with van der Waals surface area (Å²) in [7, 11) is 1.47. The van der Waals surface area contributed by atoms with E-state index in [0.29, 0.717) is 11.3 Å². The maximum Gasteiger partial charge on any atom is 0.250 e. The van der Waals surface area contributed by atoms with Crippen LogP contribution in [0.5, 0.6) is 11.5 Å². The number of nitrogens with one attached hydrogen (secondary N) is 1. The molecule has 0 saturated carbocycles. The van der Waals surface area contributed by atoms with E-state index in [-0.39, 0.29) is 17.4 Å². The van der Waals surface area contributed by atoms with Crippen LogP contribution >= 0.6 is 34.9 Å². The van der Waals surface area contributed by atoms with Gasteiger partial charge in [-0.2, -0.15) is 5.10 Å². The van der Waals surface area contributed by atoms with Gasteiger partial charge in [0.15, 0.2) is 20.2 Å². The van der Waals surface area contributed by atoms with E-state index >= 15 is 0 Å². The minimum atomic E-state index is -0.245. The van der Waals surface area contributed by atoms with E-state index in [9.17, 15) is 9.90 Å². The van der Waals surface area contributed by atoms with Crippen molar-refractivity contribution >= 4 is 47.0 Å². The van der Waals surface area contributed by atoms with E-state index in [0.717, 1.165) is 14.4 Å². The highest BCUT2D eigenvalue weighted by Gasteiger charge is 2.08. The van der Waals surface area contributed by atoms with Gasteiger partial charge in [-0.1, -0.05) is 65.2 Å². The lowest BCUT2D eigenvalue weighted by Crippen LogP contribution is -2.19. The zero-order chi connectivity index (χ0) is 20.5. The molecule has 150 valence electrons. The molecule has 2 N–H and O–H groups in total. The molecule has 2 aromatic carbocycles. The average Bonchev–Trinajstić information content (AvgIpc) is 3.20. The smallest absolute Gasteiger partial charge is 0.250 e. The molecular weight excluding hydrogens is 428 g/mol. The van der Waals surface area contributed by atoms with Gasteiger partial charge < -0.3 is 9.84 Å². The molecule has 29 heavy (non-hydrogen) atoms. The maximum atomic E-state index is 11.9. The predicted molar refractivity (Wildman–Crippen MR) is 117 cm³/mol. The second-order valence-electron chi connectivity index (χ2n) is 5.62. The Hall–Kier alpha value is -2.56. The van der Waals surface area contributed by atoms with E-state index in [4.69, 9.17) is 4.74 Å². The Morgan fingerprint density at radius 1 is 1.21 bits per heavy atom. The molecule has 3 aromatic rings. The number of nitrogens with zero attached hydrogens (tertiary/aromatic N) is 3. The fraction of sp³-hybridized carbons (Fsp3) is 0.158. The molecule has 3 rings (SSSR count). The number of thioether (sulfide) groups is 2. The highest BCUT2D eigenvalue weighted by molar-refractivity contribution is 8.03. The number of benzene rings is 2. The second kappa shape index (κ2) is 10.8. The van der Waals surface area contributed by atoms with Gasteiger partial charge in [0, 0.05) is 5.75 Å². The number of ether oxygens (including phenoxy) is 1. The van der Waals surface area contributed by atoms with Crippen molar-refractivity contribution in [3.63, 3.8) is 0 Å². The summed E-state index contributed by atoms with van der Waals surface area (Å²) in [5.74, 6) is 1.16. The molecule has 10 heteroatoms. The highest BCUT2D eigenvalue weighted by atomic mass is 32.2. The third-order valence-corrected chi connectivity index (χ3v) is 6.79. The monoisotopic (exact) mass is 446 g/mol. The predicted octanol–water partition coefficient (Wildman–Crippen LogP) is 3.79. The van der Waals surface area contributed by atoms with Crippen LogP contribution in [0.25, 0.3) is 0 Å². The lowest BCUT2D eigenvalue weighted by molar-refractivity contribution is -0.118. The molecule has 7 nitrogen and oxygen atoms in total. The Labute approximate surface area is 180 Å². The Morgan fingerprint density at radius 3 is 2.72 bits per heavy atom. The Balaban J connectivity index is 1.42. The molecule has 0 aliphatic carbocycles. The number of carbonyl (C=O) groups is 1. The number of methoxy groups -OCH3 is 1. The summed E-state index contributed by atoms with van der Waals surface area (Å²) in [6.07, 6.45) is 1.48. The molecule has 1 aromatic heterocycles. The van der Waals surface area contributed by atoms with Gasteiger partial charge in [-0.15, -0.1) is 10.2 Å². The first-order valence-corrected chi connectivity index (χ1v) is 11.2. The standard InChI is InChI=1S/C19H18N4O3S3/c1-26-16-9-14(7-8-15(16)24)10-20-21-17(25)12-28-19-23-22-18(29-19)27-11-13-5-3-2-4-6-13/h2-10,24H,11-12H2,1H3,(H,21,25)/b20-10+. The number of carbonyl (C=O) groups excluding carboxylic acids is 1. The number of rotatable bonds is 9. The average molecular weight is 447 g/mol. The number of phenols is 1. The van der Waals surface area contributed by atoms with Crippen molar-refractivity contribution in [1.29, 1.82) is 0 Å². The number of amides is 1. The van der Waals surface area contributed by atoms with Crippen molar-refractivity contribution in [3.05, 3.63) is 59.7 Å². The summed E-state index contributed by atoms with van der Waals surface area (Å²) in [6.45, 7) is 0. The Kier molecular flexibility index (Phi) is 7.91. The third-order valence-electron chi connectivity index (χ3n) is 3.53. The molecule has 0 aliphatic rings. The first-order chi connectivity index (χ1) is 14.1. The molecule has 0 spiro atoms. The summed E-state index contributed by atoms with van der Waals surface area (Å²) in [5.41, 5.74) is 4.38. The lowest BCUT2D eigenvalue weighted by Gasteiger charge is -2.03. The molecular formula is C19H18N4O3S3. The van der Waals surface area contributed by atoms with E-state index in [1.165, 1.54) is 48.1 Å². The van der Waals surface area contributed by atoms with Crippen molar-refractivity contribution in [2.75, 3.05) is 12.9 Å². The quantitative estimate of drug-likeness (QED) is 0.293. The van der Waals surface area contributed by atoms with Crippen LogP contribution in [-0.2, 0) is 10.5 Å². The first kappa shape index (κ1) is 21.2. The van der Waals surface area contributed by atoms with Crippen molar-refractivity contribution in [2.24, 2.45) is 5.10 Å². The van der Waals surface area contributed by atoms with Crippen LogP contribution in [0, 0.1) is 0 Å². The third kappa shape index (κ3) is 6.77. The molecule has 0 radical (unpaired) electrons. The van der Waals surface area contributed by atoms with Gasteiger partial charge in [0.05, 0.1) is 19.1 Å². The highest BCUT2D eigenvalue weighted by Crippen LogP contribution is 2.30. The molecule has 0 bridgehead atoms. The van der Waals surface area contributed by atoms with Crippen LogP contribution in [0.1, 0.15) is 11.1 Å². The summed E-state index contributed by atoms with van der Waals surface area (Å²) < 4.78 is 6.64. The molecule has 0 atom stereocenters. The van der Waals surface area contributed by atoms with Gasteiger partial charge in [0.2, 0.25) is 0 Å². The summed E-state index contributed by atoms with van der Waals surface area (Å²) >= 11 is 4.41. The normalized spacial score (nSPS) is 10.9. The molecule has 0 unspecified atom stereocenters. The topological polar surface area (TPSA) is 96.7 Å². The first-order valence-electron chi connectivity index (χ1n) is 8.46. The maximum absolute atomic E-state index is 11.9. The van der Waals surface area contributed by atoms with Gasteiger partial charge in [0.25, 0.3) is 5.91 Å². The largest absolute Gasteiger partial charge is 0.504 e. The van der Waals surface area contributed by atoms with Crippen LogP contribution in [-0.4, -0.2) is 40.3 Å². The number of hydrogen-bond donors (Lipinski definition) is 2. The van der Waals surface area contributed by atoms with E-state index in [1.807, 2.05) is 18.2 Å². The fourth-order valence-corrected chi connectivity index (χ4v) is 4.91. The zero-order valence-electron chi connectivity index (χ0n) is 15.4. The summed E-state index contributed by atoms with van der Waals surface area (Å²) in [6, 6.07) is 14.9. The molecule has 0 saturated heterocycles. The number of hydrogen-bond acceptors (Lipinski definition) is 9. The van der Waals surface area contributed by atoms with Crippen LogP contribution in [0.3, 0.4) is 0 Å². The van der Waals surface area contributed by atoms with Gasteiger partial charge in [-0.3, -0.25) is 4.79 Å². The fourth-order valence-electron chi connectivity index (χ4n) is 2.15. The van der Waals surface area contributed by atoms with E-state index in [2.05, 4.69) is 32.9 Å². The Bertz CT molecular complexity index is 980. The summed E-state index contributed by atoms with van der Waals surface area (Å²) in [4.78, 5) is 11.9. The van der Waals surface area contributed by atoms with E-state index in [1.54, 1.807) is 23.9 Å². The lowest BCUT2D eigenvalue weighted by atomic mass is 10.2. The number of aromatic hydroxyl groups is 1. The number of aromatic nitrogens is 2. The van der Waals surface area contributed by atoms with E-state index < -0.39 is 0 Å². The minimum Gasteiger partial charge on any atom is -0.504 e. The summed E-state index contributed by atoms with van der Waals surface area (Å²) in [5, 5.41) is 21.7. The molecule has 1 amide bonds. The van der Waals surface area contributed by atoms with Gasteiger partial charge in [-0.05, 0) is 29.3 Å². The molecule has 0 fully saturated rings. The molecule has 1 heterocycles. The second-order valence-corrected chi connectivity index (χ2v) is 9.04. The SMILES string of the molecule is COc1cc(/C=N/NC(=O)CSc2nnc(SCc3ccccc3)s2)ccc1O. The van der Waals surface area contributed by atoms with Crippen molar-refractivity contribution < 1.29 is 14.6 Å². The van der Waals surface area contributed by atoms with Crippen molar-refractivity contribution in [3.8, 4) is 11.5 Å². The minimum absolute atomic E-state index is 0.0449. The van der Waals surface area contributed by atoms with Gasteiger partial charge in [-0.25, -0.2) is 5.43 Å². The zero-order valence-corrected chi connectivity index (χ0v) is 17.9. The van der Waals surface area contributed by atoms with Gasteiger partial charge in [0.1, 0.15) is 0 Å². The molecule has 0 aliphatic heterocycles. The van der Waals surface area contributed by atoms with Crippen LogP contribution < -0.4 is 10.2 Å². The number of hydrazone groups is 1. The van der Waals surface area contributed by atoms with Crippen LogP contribution in [0.4, 0.5) is 0 Å². The van der Waals surface area contributed by atoms with Crippen molar-refractivity contribution in [2.45, 2.75) is 14.4 Å². The van der Waals surface area contributed by atoms with Crippen molar-refractivity contribution in [1.82, 2.24) is 15.6 Å². The Morgan fingerprint density at radius 2 is 1.97 bits per heavy atom. The van der Waals surface area contributed by atoms with Gasteiger partial charge >= 0.3 is 0 Å². The number of phenolic OH excluding ortho intramolecular Hbond substituents is 1. The van der Waals surface area contributed by atoms with Crippen LogP contribution in [0.15, 0.2) is 62.3 Å². The van der Waals surface area contributed by atoms with Crippen LogP contribution in [0.2, 0.25) is 0 Å².